The molecule has 0 radical (unpaired) electrons. The third-order valence-corrected chi connectivity index (χ3v) is 3.11. The van der Waals surface area contributed by atoms with Crippen LogP contribution in [0.15, 0.2) is 24.7 Å². The van der Waals surface area contributed by atoms with Crippen LogP contribution in [-0.4, -0.2) is 9.38 Å². The maximum Gasteiger partial charge on any atom is 0.0995 e. The summed E-state index contributed by atoms with van der Waals surface area (Å²) in [5.41, 5.74) is 3.99. The van der Waals surface area contributed by atoms with Gasteiger partial charge >= 0.3 is 0 Å². The summed E-state index contributed by atoms with van der Waals surface area (Å²) < 4.78 is 2.14. The average Bonchev–Trinajstić information content (AvgIpc) is 2.57. The van der Waals surface area contributed by atoms with Gasteiger partial charge in [0.25, 0.3) is 0 Å². The maximum atomic E-state index is 4.55. The summed E-state index contributed by atoms with van der Waals surface area (Å²) in [7, 11) is 0. The molecule has 0 amide bonds. The fourth-order valence-corrected chi connectivity index (χ4v) is 2.02. The van der Waals surface area contributed by atoms with Crippen LogP contribution >= 0.6 is 0 Å². The highest BCUT2D eigenvalue weighted by Crippen LogP contribution is 2.28. The Bertz CT molecular complexity index is 536. The van der Waals surface area contributed by atoms with Crippen molar-refractivity contribution in [2.45, 2.75) is 52.4 Å². The fraction of sp³-hybridized carbons (Fsp3) is 0.533. The van der Waals surface area contributed by atoms with Crippen LogP contribution in [0.3, 0.4) is 0 Å². The maximum absolute atomic E-state index is 4.55. The molecule has 0 saturated heterocycles. The summed E-state index contributed by atoms with van der Waals surface area (Å²) >= 11 is 0. The number of rotatable bonds is 0. The van der Waals surface area contributed by atoms with Gasteiger partial charge in [0.1, 0.15) is 0 Å². The van der Waals surface area contributed by atoms with Crippen LogP contribution < -0.4 is 0 Å². The lowest BCUT2D eigenvalue weighted by Crippen LogP contribution is -2.13. The molecule has 0 aliphatic heterocycles. The lowest BCUT2D eigenvalue weighted by molar-refractivity contribution is 0.577. The second kappa shape index (κ2) is 3.59. The highest BCUT2D eigenvalue weighted by atomic mass is 15.0. The molecule has 2 heteroatoms. The summed E-state index contributed by atoms with van der Waals surface area (Å²) in [6.45, 7) is 13.3. The Morgan fingerprint density at radius 1 is 0.941 bits per heavy atom. The van der Waals surface area contributed by atoms with Gasteiger partial charge in [0.15, 0.2) is 0 Å². The summed E-state index contributed by atoms with van der Waals surface area (Å²) in [6.07, 6.45) is 4.11. The zero-order chi connectivity index (χ0) is 12.8. The van der Waals surface area contributed by atoms with E-state index in [4.69, 9.17) is 0 Å². The molecule has 0 fully saturated rings. The van der Waals surface area contributed by atoms with E-state index in [1.807, 2.05) is 6.33 Å². The molecule has 0 bridgehead atoms. The molecular weight excluding hydrogens is 208 g/mol. The molecule has 0 aromatic carbocycles. The molecule has 2 aromatic heterocycles. The van der Waals surface area contributed by atoms with E-state index < -0.39 is 0 Å². The van der Waals surface area contributed by atoms with Crippen molar-refractivity contribution < 1.29 is 0 Å². The predicted octanol–water partition coefficient (Wildman–Crippen LogP) is 3.93. The Hall–Kier alpha value is -1.31. The number of pyridine rings is 1. The average molecular weight is 230 g/mol. The van der Waals surface area contributed by atoms with Crippen molar-refractivity contribution in [2.75, 3.05) is 0 Å². The highest BCUT2D eigenvalue weighted by molar-refractivity contribution is 5.55. The molecule has 2 aromatic rings. The van der Waals surface area contributed by atoms with Crippen molar-refractivity contribution in [1.29, 1.82) is 0 Å². The third-order valence-electron chi connectivity index (χ3n) is 3.11. The molecule has 0 atom stereocenters. The van der Waals surface area contributed by atoms with Crippen molar-refractivity contribution in [3.8, 4) is 0 Å². The molecular formula is C15H22N2. The summed E-state index contributed by atoms with van der Waals surface area (Å²) in [4.78, 5) is 4.55. The predicted molar refractivity (Wildman–Crippen MR) is 72.6 cm³/mol. The van der Waals surface area contributed by atoms with Crippen LogP contribution in [0.5, 0.6) is 0 Å². The van der Waals surface area contributed by atoms with Crippen molar-refractivity contribution in [1.82, 2.24) is 9.38 Å². The minimum atomic E-state index is 0.0952. The number of aromatic nitrogens is 2. The van der Waals surface area contributed by atoms with E-state index in [0.717, 1.165) is 5.69 Å². The first-order valence-corrected chi connectivity index (χ1v) is 6.17. The van der Waals surface area contributed by atoms with Crippen molar-refractivity contribution >= 4 is 5.52 Å². The normalized spacial score (nSPS) is 13.3. The second-order valence-electron chi connectivity index (χ2n) is 6.80. The zero-order valence-corrected chi connectivity index (χ0v) is 11.7. The van der Waals surface area contributed by atoms with Gasteiger partial charge in [-0.3, -0.25) is 0 Å². The van der Waals surface area contributed by atoms with Gasteiger partial charge in [-0.05, 0) is 17.0 Å². The van der Waals surface area contributed by atoms with Crippen LogP contribution in [-0.2, 0) is 10.8 Å². The number of fused-ring (bicyclic) bond motifs is 1. The van der Waals surface area contributed by atoms with Crippen molar-refractivity contribution in [3.63, 3.8) is 0 Å². The summed E-state index contributed by atoms with van der Waals surface area (Å²) in [5.74, 6) is 0. The van der Waals surface area contributed by atoms with E-state index in [0.29, 0.717) is 0 Å². The Balaban J connectivity index is 2.61. The number of hydrogen-bond acceptors (Lipinski definition) is 1. The topological polar surface area (TPSA) is 17.3 Å². The van der Waals surface area contributed by atoms with Crippen LogP contribution in [0.1, 0.15) is 52.8 Å². The lowest BCUT2D eigenvalue weighted by Gasteiger charge is -2.20. The largest absolute Gasteiger partial charge is 0.306 e. The number of nitrogens with zero attached hydrogens (tertiary/aromatic N) is 2. The minimum absolute atomic E-state index is 0.0952. The van der Waals surface area contributed by atoms with E-state index in [1.54, 1.807) is 0 Å². The van der Waals surface area contributed by atoms with Gasteiger partial charge in [-0.15, -0.1) is 0 Å². The Kier molecular flexibility index (Phi) is 2.57. The Morgan fingerprint density at radius 3 is 2.12 bits per heavy atom. The van der Waals surface area contributed by atoms with Crippen LogP contribution in [0.4, 0.5) is 0 Å². The van der Waals surface area contributed by atoms with E-state index in [1.165, 1.54) is 11.1 Å². The smallest absolute Gasteiger partial charge is 0.0995 e. The molecule has 0 spiro atoms. The molecule has 2 heterocycles. The fourth-order valence-electron chi connectivity index (χ4n) is 2.02. The van der Waals surface area contributed by atoms with Crippen LogP contribution in [0.25, 0.3) is 5.52 Å². The van der Waals surface area contributed by atoms with Crippen molar-refractivity contribution in [2.24, 2.45) is 0 Å². The summed E-state index contributed by atoms with van der Waals surface area (Å²) in [6, 6.07) is 4.40. The highest BCUT2D eigenvalue weighted by Gasteiger charge is 2.21. The second-order valence-corrected chi connectivity index (χ2v) is 6.80. The van der Waals surface area contributed by atoms with E-state index in [-0.39, 0.29) is 10.8 Å². The first-order chi connectivity index (χ1) is 7.69. The molecule has 2 nitrogen and oxygen atoms in total. The van der Waals surface area contributed by atoms with Gasteiger partial charge in [0.05, 0.1) is 17.5 Å². The number of hydrogen-bond donors (Lipinski definition) is 0. The minimum Gasteiger partial charge on any atom is -0.306 e. The molecule has 17 heavy (non-hydrogen) atoms. The van der Waals surface area contributed by atoms with Crippen molar-refractivity contribution in [3.05, 3.63) is 35.9 Å². The SMILES string of the molecule is CC(C)(C)c1ccc2c(C(C)(C)C)ncn2c1. The molecule has 0 aliphatic carbocycles. The van der Waals surface area contributed by atoms with Gasteiger partial charge in [-0.2, -0.15) is 0 Å². The Morgan fingerprint density at radius 2 is 1.59 bits per heavy atom. The van der Waals surface area contributed by atoms with Gasteiger partial charge < -0.3 is 4.40 Å². The number of imidazole rings is 1. The lowest BCUT2D eigenvalue weighted by atomic mass is 9.87. The van der Waals surface area contributed by atoms with E-state index in [2.05, 4.69) is 69.3 Å². The first-order valence-electron chi connectivity index (χ1n) is 6.17. The van der Waals surface area contributed by atoms with Crippen LogP contribution in [0, 0.1) is 0 Å². The van der Waals surface area contributed by atoms with Gasteiger partial charge in [0.2, 0.25) is 0 Å². The molecule has 0 saturated carbocycles. The monoisotopic (exact) mass is 230 g/mol. The molecule has 92 valence electrons. The van der Waals surface area contributed by atoms with Crippen LogP contribution in [0.2, 0.25) is 0 Å². The molecule has 0 aliphatic rings. The zero-order valence-electron chi connectivity index (χ0n) is 11.7. The quantitative estimate of drug-likeness (QED) is 0.670. The van der Waals surface area contributed by atoms with E-state index in [9.17, 15) is 0 Å². The van der Waals surface area contributed by atoms with Gasteiger partial charge in [-0.1, -0.05) is 47.6 Å². The Labute approximate surface area is 104 Å². The van der Waals surface area contributed by atoms with Gasteiger partial charge in [0, 0.05) is 11.6 Å². The molecule has 0 N–H and O–H groups in total. The standard InChI is InChI=1S/C15H22N2/c1-14(2,3)11-7-8-12-13(15(4,5)6)16-10-17(12)9-11/h7-10H,1-6H3. The summed E-state index contributed by atoms with van der Waals surface area (Å²) in [5, 5.41) is 0. The van der Waals surface area contributed by atoms with E-state index >= 15 is 0 Å². The first kappa shape index (κ1) is 12.2. The molecule has 0 unspecified atom stereocenters. The molecule has 2 rings (SSSR count). The third kappa shape index (κ3) is 2.21. The van der Waals surface area contributed by atoms with Gasteiger partial charge in [-0.25, -0.2) is 4.98 Å².